The number of imidazole rings is 1. The number of methoxy groups -OCH3 is 1. The van der Waals surface area contributed by atoms with E-state index in [1.807, 2.05) is 54.6 Å². The van der Waals surface area contributed by atoms with Crippen molar-refractivity contribution in [3.05, 3.63) is 92.2 Å². The number of hydrogen-bond donors (Lipinski definition) is 0. The Kier molecular flexibility index (Phi) is 6.42. The van der Waals surface area contributed by atoms with Crippen LogP contribution in [0.15, 0.2) is 65.5 Å². The molecule has 0 fully saturated rings. The maximum atomic E-state index is 13.0. The Balaban J connectivity index is 1.31. The van der Waals surface area contributed by atoms with Crippen molar-refractivity contribution in [3.8, 4) is 17.2 Å². The van der Waals surface area contributed by atoms with E-state index in [4.69, 9.17) is 14.2 Å². The second kappa shape index (κ2) is 9.80. The first-order valence-corrected chi connectivity index (χ1v) is 12.3. The molecule has 7 heteroatoms. The molecule has 0 saturated carbocycles. The van der Waals surface area contributed by atoms with Crippen LogP contribution in [0.25, 0.3) is 22.1 Å². The van der Waals surface area contributed by atoms with Crippen LogP contribution in [0.5, 0.6) is 17.2 Å². The molecule has 2 aromatic heterocycles. The highest BCUT2D eigenvalue weighted by Crippen LogP contribution is 2.28. The summed E-state index contributed by atoms with van der Waals surface area (Å²) < 4.78 is 19.6. The van der Waals surface area contributed by atoms with E-state index < -0.39 is 0 Å². The average molecular weight is 487 g/mol. The van der Waals surface area contributed by atoms with Gasteiger partial charge in [0.05, 0.1) is 22.7 Å². The molecule has 0 aliphatic rings. The number of aromatic nitrogens is 2. The van der Waals surface area contributed by atoms with Crippen molar-refractivity contribution in [1.82, 2.24) is 9.38 Å². The first-order valence-electron chi connectivity index (χ1n) is 11.5. The predicted octanol–water partition coefficient (Wildman–Crippen LogP) is 4.79. The summed E-state index contributed by atoms with van der Waals surface area (Å²) in [6.45, 7) is 5.00. The molecule has 5 rings (SSSR count). The molecular formula is C28H26N2O4S. The summed E-state index contributed by atoms with van der Waals surface area (Å²) >= 11 is 1.38. The summed E-state index contributed by atoms with van der Waals surface area (Å²) in [6, 6.07) is 19.5. The molecular weight excluding hydrogens is 460 g/mol. The molecule has 0 amide bonds. The van der Waals surface area contributed by atoms with Gasteiger partial charge >= 0.3 is 0 Å². The lowest BCUT2D eigenvalue weighted by molar-refractivity contribution is 0.211. The fourth-order valence-corrected chi connectivity index (χ4v) is 5.07. The zero-order valence-electron chi connectivity index (χ0n) is 19.9. The van der Waals surface area contributed by atoms with Crippen molar-refractivity contribution < 1.29 is 14.2 Å². The Hall–Kier alpha value is -3.84. The number of aryl methyl sites for hydroxylation is 2. The van der Waals surface area contributed by atoms with E-state index in [0.29, 0.717) is 34.2 Å². The minimum atomic E-state index is -0.0717. The lowest BCUT2D eigenvalue weighted by atomic mass is 10.1. The number of ether oxygens (including phenoxy) is 3. The molecule has 5 aromatic rings. The molecule has 0 N–H and O–H groups in total. The number of thiazole rings is 1. The Morgan fingerprint density at radius 3 is 2.66 bits per heavy atom. The third kappa shape index (κ3) is 4.72. The Labute approximate surface area is 207 Å². The van der Waals surface area contributed by atoms with Crippen molar-refractivity contribution in [1.29, 1.82) is 0 Å². The van der Waals surface area contributed by atoms with Gasteiger partial charge in [0, 0.05) is 0 Å². The number of rotatable bonds is 8. The number of hydrogen-bond acceptors (Lipinski definition) is 6. The Morgan fingerprint density at radius 2 is 1.83 bits per heavy atom. The maximum Gasteiger partial charge on any atom is 0.274 e. The summed E-state index contributed by atoms with van der Waals surface area (Å²) in [5.74, 6) is 2.08. The topological polar surface area (TPSA) is 62.1 Å². The van der Waals surface area contributed by atoms with Gasteiger partial charge in [-0.15, -0.1) is 0 Å². The standard InChI is InChI=1S/C28H26N2O4S/c1-4-19-13-18(2)14-21(15-19)33-11-12-34-24-10-9-20(16-25(24)32-3)17-26-27(31)30-23-8-6-5-7-22(23)29-28(30)35-26/h5-10,13-17H,4,11-12H2,1-3H3. The lowest BCUT2D eigenvalue weighted by Crippen LogP contribution is -2.22. The maximum absolute atomic E-state index is 13.0. The fraction of sp³-hybridized carbons (Fsp3) is 0.214. The molecule has 3 aromatic carbocycles. The Bertz CT molecular complexity index is 1620. The first kappa shape index (κ1) is 22.9. The summed E-state index contributed by atoms with van der Waals surface area (Å²) in [5.41, 5.74) is 4.86. The third-order valence-electron chi connectivity index (χ3n) is 5.76. The van der Waals surface area contributed by atoms with Gasteiger partial charge in [0.2, 0.25) is 0 Å². The third-order valence-corrected chi connectivity index (χ3v) is 6.73. The summed E-state index contributed by atoms with van der Waals surface area (Å²) in [7, 11) is 1.60. The first-order chi connectivity index (χ1) is 17.1. The SMILES string of the molecule is CCc1cc(C)cc(OCCOc2ccc(C=c3sc4nc5ccccc5n4c3=O)cc2OC)c1. The van der Waals surface area contributed by atoms with Gasteiger partial charge in [0.15, 0.2) is 16.5 Å². The Morgan fingerprint density at radius 1 is 1.00 bits per heavy atom. The van der Waals surface area contributed by atoms with Gasteiger partial charge in [-0.25, -0.2) is 9.38 Å². The van der Waals surface area contributed by atoms with Crippen molar-refractivity contribution in [2.75, 3.05) is 20.3 Å². The molecule has 2 heterocycles. The van der Waals surface area contributed by atoms with Crippen molar-refractivity contribution in [2.24, 2.45) is 0 Å². The van der Waals surface area contributed by atoms with Gasteiger partial charge in [-0.3, -0.25) is 4.79 Å². The van der Waals surface area contributed by atoms with Crippen LogP contribution >= 0.6 is 11.3 Å². The van der Waals surface area contributed by atoms with Gasteiger partial charge < -0.3 is 14.2 Å². The monoisotopic (exact) mass is 486 g/mol. The summed E-state index contributed by atoms with van der Waals surface area (Å²) in [5, 5.41) is 0. The zero-order chi connectivity index (χ0) is 24.4. The smallest absolute Gasteiger partial charge is 0.274 e. The van der Waals surface area contributed by atoms with Gasteiger partial charge in [-0.1, -0.05) is 42.5 Å². The van der Waals surface area contributed by atoms with E-state index in [1.165, 1.54) is 22.5 Å². The van der Waals surface area contributed by atoms with E-state index in [0.717, 1.165) is 28.8 Å². The number of nitrogens with zero attached hydrogens (tertiary/aromatic N) is 2. The van der Waals surface area contributed by atoms with Crippen molar-refractivity contribution in [2.45, 2.75) is 20.3 Å². The second-order valence-electron chi connectivity index (χ2n) is 8.25. The molecule has 0 bridgehead atoms. The lowest BCUT2D eigenvalue weighted by Gasteiger charge is -2.13. The highest BCUT2D eigenvalue weighted by atomic mass is 32.1. The number of para-hydroxylation sites is 2. The van der Waals surface area contributed by atoms with E-state index in [-0.39, 0.29) is 5.56 Å². The predicted molar refractivity (Wildman–Crippen MR) is 140 cm³/mol. The number of fused-ring (bicyclic) bond motifs is 3. The van der Waals surface area contributed by atoms with E-state index >= 15 is 0 Å². The highest BCUT2D eigenvalue weighted by molar-refractivity contribution is 7.15. The van der Waals surface area contributed by atoms with Crippen LogP contribution in [0.3, 0.4) is 0 Å². The molecule has 0 aliphatic carbocycles. The average Bonchev–Trinajstić information content (AvgIpc) is 3.37. The normalized spacial score (nSPS) is 11.9. The van der Waals surface area contributed by atoms with E-state index in [2.05, 4.69) is 31.0 Å². The fourth-order valence-electron chi connectivity index (χ4n) is 4.08. The quantitative estimate of drug-likeness (QED) is 0.295. The van der Waals surface area contributed by atoms with Gasteiger partial charge in [-0.2, -0.15) is 0 Å². The molecule has 0 aliphatic heterocycles. The summed E-state index contributed by atoms with van der Waals surface area (Å²) in [6.07, 6.45) is 2.83. The van der Waals surface area contributed by atoms with Crippen molar-refractivity contribution >= 4 is 33.4 Å². The van der Waals surface area contributed by atoms with Crippen LogP contribution in [0, 0.1) is 6.92 Å². The van der Waals surface area contributed by atoms with Crippen LogP contribution in [-0.4, -0.2) is 29.7 Å². The molecule has 0 saturated heterocycles. The minimum Gasteiger partial charge on any atom is -0.493 e. The van der Waals surface area contributed by atoms with E-state index in [9.17, 15) is 4.79 Å². The molecule has 6 nitrogen and oxygen atoms in total. The van der Waals surface area contributed by atoms with Gasteiger partial charge in [-0.05, 0) is 72.5 Å². The number of benzene rings is 3. The summed E-state index contributed by atoms with van der Waals surface area (Å²) in [4.78, 5) is 18.3. The van der Waals surface area contributed by atoms with Gasteiger partial charge in [0.25, 0.3) is 5.56 Å². The molecule has 0 radical (unpaired) electrons. The molecule has 35 heavy (non-hydrogen) atoms. The van der Waals surface area contributed by atoms with Crippen molar-refractivity contribution in [3.63, 3.8) is 0 Å². The molecule has 178 valence electrons. The minimum absolute atomic E-state index is 0.0717. The van der Waals surface area contributed by atoms with E-state index in [1.54, 1.807) is 11.5 Å². The molecule has 0 spiro atoms. The van der Waals surface area contributed by atoms with Gasteiger partial charge in [0.1, 0.15) is 19.0 Å². The van der Waals surface area contributed by atoms with Crippen LogP contribution < -0.4 is 24.3 Å². The zero-order valence-corrected chi connectivity index (χ0v) is 20.7. The largest absolute Gasteiger partial charge is 0.493 e. The molecule has 0 unspecified atom stereocenters. The van der Waals surface area contributed by atoms with Crippen LogP contribution in [0.1, 0.15) is 23.6 Å². The van der Waals surface area contributed by atoms with Crippen LogP contribution in [0.4, 0.5) is 0 Å². The molecule has 0 atom stereocenters. The van der Waals surface area contributed by atoms with Crippen LogP contribution in [-0.2, 0) is 6.42 Å². The second-order valence-corrected chi connectivity index (χ2v) is 9.26. The highest BCUT2D eigenvalue weighted by Gasteiger charge is 2.11. The van der Waals surface area contributed by atoms with Crippen LogP contribution in [0.2, 0.25) is 0 Å².